The van der Waals surface area contributed by atoms with Gasteiger partial charge >= 0.3 is 0 Å². The normalized spacial score (nSPS) is 13.3. The predicted molar refractivity (Wildman–Crippen MR) is 139 cm³/mol. The van der Waals surface area contributed by atoms with Crippen molar-refractivity contribution in [2.45, 2.75) is 52.4 Å². The molecule has 1 atom stereocenters. The third-order valence-corrected chi connectivity index (χ3v) is 6.72. The molecule has 0 radical (unpaired) electrons. The van der Waals surface area contributed by atoms with E-state index in [9.17, 15) is 0 Å². The third-order valence-electron chi connectivity index (χ3n) is 6.72. The zero-order valence-electron chi connectivity index (χ0n) is 20.6. The van der Waals surface area contributed by atoms with Crippen molar-refractivity contribution in [1.82, 2.24) is 14.5 Å². The zero-order valence-corrected chi connectivity index (χ0v) is 20.6. The van der Waals surface area contributed by atoms with E-state index in [1.807, 2.05) is 6.07 Å². The molecular weight excluding hydrogens is 434 g/mol. The van der Waals surface area contributed by atoms with Crippen LogP contribution in [0.25, 0.3) is 11.4 Å². The Labute approximate surface area is 208 Å². The van der Waals surface area contributed by atoms with Crippen molar-refractivity contribution >= 4 is 0 Å². The molecule has 1 aromatic heterocycles. The summed E-state index contributed by atoms with van der Waals surface area (Å²) in [6, 6.07) is 27.7. The lowest BCUT2D eigenvalue weighted by atomic mass is 10.1. The molecule has 1 aliphatic rings. The van der Waals surface area contributed by atoms with Crippen LogP contribution >= 0.6 is 0 Å². The van der Waals surface area contributed by atoms with Gasteiger partial charge in [-0.15, -0.1) is 0 Å². The maximum absolute atomic E-state index is 5.64. The number of fused-ring (bicyclic) bond motifs is 1. The highest BCUT2D eigenvalue weighted by Gasteiger charge is 2.22. The predicted octanol–water partition coefficient (Wildman–Crippen LogP) is 6.84. The standard InChI is InChI=1S/C30H33N3O2/c1-3-4-17-33-27(19-31-30(33)26-13-9-6-10-14-26)21-32(23(2)25-11-7-5-8-12-25)20-24-15-16-28-29(18-24)35-22-34-28/h5-16,18-19,23H,3-4,17,20-22H2,1-2H3. The van der Waals surface area contributed by atoms with Gasteiger partial charge in [0.2, 0.25) is 6.79 Å². The van der Waals surface area contributed by atoms with Crippen molar-refractivity contribution in [2.75, 3.05) is 6.79 Å². The molecule has 2 heterocycles. The molecule has 0 amide bonds. The van der Waals surface area contributed by atoms with Gasteiger partial charge in [-0.2, -0.15) is 0 Å². The molecule has 4 aromatic rings. The lowest BCUT2D eigenvalue weighted by Crippen LogP contribution is -2.27. The van der Waals surface area contributed by atoms with E-state index in [0.29, 0.717) is 6.79 Å². The fourth-order valence-corrected chi connectivity index (χ4v) is 4.67. The summed E-state index contributed by atoms with van der Waals surface area (Å²) in [5.74, 6) is 2.69. The van der Waals surface area contributed by atoms with E-state index in [0.717, 1.165) is 55.4 Å². The smallest absolute Gasteiger partial charge is 0.231 e. The molecule has 5 heteroatoms. The van der Waals surface area contributed by atoms with E-state index in [2.05, 4.69) is 102 Å². The maximum Gasteiger partial charge on any atom is 0.231 e. The van der Waals surface area contributed by atoms with Crippen LogP contribution < -0.4 is 9.47 Å². The minimum Gasteiger partial charge on any atom is -0.454 e. The minimum atomic E-state index is 0.233. The van der Waals surface area contributed by atoms with Crippen LogP contribution in [0.2, 0.25) is 0 Å². The highest BCUT2D eigenvalue weighted by Crippen LogP contribution is 2.34. The first-order valence-electron chi connectivity index (χ1n) is 12.5. The number of benzene rings is 3. The van der Waals surface area contributed by atoms with Crippen LogP contribution in [-0.2, 0) is 19.6 Å². The molecule has 0 aliphatic carbocycles. The highest BCUT2D eigenvalue weighted by molar-refractivity contribution is 5.56. The summed E-state index contributed by atoms with van der Waals surface area (Å²) in [6.07, 6.45) is 4.33. The van der Waals surface area contributed by atoms with Crippen LogP contribution in [0.4, 0.5) is 0 Å². The van der Waals surface area contributed by atoms with Gasteiger partial charge in [0.15, 0.2) is 11.5 Å². The molecule has 0 fully saturated rings. The van der Waals surface area contributed by atoms with Gasteiger partial charge in [0.25, 0.3) is 0 Å². The second-order valence-electron chi connectivity index (χ2n) is 9.12. The molecule has 5 rings (SSSR count). The number of unbranched alkanes of at least 4 members (excludes halogenated alkanes) is 1. The largest absolute Gasteiger partial charge is 0.454 e. The summed E-state index contributed by atoms with van der Waals surface area (Å²) in [6.45, 7) is 7.38. The Morgan fingerprint density at radius 2 is 1.66 bits per heavy atom. The molecule has 1 aliphatic heterocycles. The summed E-state index contributed by atoms with van der Waals surface area (Å²) in [5, 5.41) is 0. The Morgan fingerprint density at radius 3 is 2.43 bits per heavy atom. The number of hydrogen-bond acceptors (Lipinski definition) is 4. The Bertz CT molecular complexity index is 1240. The Morgan fingerprint density at radius 1 is 0.914 bits per heavy atom. The van der Waals surface area contributed by atoms with E-state index in [1.165, 1.54) is 16.8 Å². The fraction of sp³-hybridized carbons (Fsp3) is 0.300. The van der Waals surface area contributed by atoms with Crippen molar-refractivity contribution in [3.63, 3.8) is 0 Å². The summed E-state index contributed by atoms with van der Waals surface area (Å²) in [5.41, 5.74) is 4.91. The van der Waals surface area contributed by atoms with Crippen LogP contribution in [0, 0.1) is 0 Å². The molecule has 0 spiro atoms. The van der Waals surface area contributed by atoms with Gasteiger partial charge < -0.3 is 14.0 Å². The molecule has 0 saturated carbocycles. The molecular formula is C30H33N3O2. The van der Waals surface area contributed by atoms with Gasteiger partial charge in [-0.3, -0.25) is 4.90 Å². The SMILES string of the molecule is CCCCn1c(CN(Cc2ccc3c(c2)OCO3)C(C)c2ccccc2)cnc1-c1ccccc1. The average Bonchev–Trinajstić information content (AvgIpc) is 3.54. The van der Waals surface area contributed by atoms with E-state index in [1.54, 1.807) is 0 Å². The zero-order chi connectivity index (χ0) is 24.0. The summed E-state index contributed by atoms with van der Waals surface area (Å²) in [7, 11) is 0. The number of hydrogen-bond donors (Lipinski definition) is 0. The number of rotatable bonds is 10. The average molecular weight is 468 g/mol. The van der Waals surface area contributed by atoms with Crippen molar-refractivity contribution in [2.24, 2.45) is 0 Å². The summed E-state index contributed by atoms with van der Waals surface area (Å²) < 4.78 is 13.6. The summed E-state index contributed by atoms with van der Waals surface area (Å²) in [4.78, 5) is 7.39. The van der Waals surface area contributed by atoms with Crippen LogP contribution in [0.15, 0.2) is 85.1 Å². The molecule has 0 saturated heterocycles. The Balaban J connectivity index is 1.47. The number of ether oxygens (including phenoxy) is 2. The fourth-order valence-electron chi connectivity index (χ4n) is 4.67. The first kappa shape index (κ1) is 23.2. The quantitative estimate of drug-likeness (QED) is 0.256. The van der Waals surface area contributed by atoms with Crippen molar-refractivity contribution in [1.29, 1.82) is 0 Å². The molecule has 3 aromatic carbocycles. The van der Waals surface area contributed by atoms with Crippen LogP contribution in [0.3, 0.4) is 0 Å². The highest BCUT2D eigenvalue weighted by atomic mass is 16.7. The lowest BCUT2D eigenvalue weighted by Gasteiger charge is -2.30. The molecule has 5 nitrogen and oxygen atoms in total. The molecule has 180 valence electrons. The van der Waals surface area contributed by atoms with Gasteiger partial charge in [0.1, 0.15) is 5.82 Å². The monoisotopic (exact) mass is 467 g/mol. The topological polar surface area (TPSA) is 39.5 Å². The van der Waals surface area contributed by atoms with Crippen LogP contribution in [0.1, 0.15) is 49.6 Å². The number of imidazole rings is 1. The Hall–Kier alpha value is -3.57. The first-order valence-corrected chi connectivity index (χ1v) is 12.5. The molecule has 35 heavy (non-hydrogen) atoms. The maximum atomic E-state index is 5.64. The van der Waals surface area contributed by atoms with E-state index in [-0.39, 0.29) is 6.04 Å². The molecule has 0 bridgehead atoms. The van der Waals surface area contributed by atoms with E-state index >= 15 is 0 Å². The van der Waals surface area contributed by atoms with Gasteiger partial charge in [0, 0.05) is 31.2 Å². The minimum absolute atomic E-state index is 0.233. The summed E-state index contributed by atoms with van der Waals surface area (Å²) >= 11 is 0. The third kappa shape index (κ3) is 5.25. The van der Waals surface area contributed by atoms with Gasteiger partial charge in [-0.05, 0) is 36.6 Å². The van der Waals surface area contributed by atoms with Crippen molar-refractivity contribution in [3.8, 4) is 22.9 Å². The van der Waals surface area contributed by atoms with Crippen LogP contribution in [0.5, 0.6) is 11.5 Å². The van der Waals surface area contributed by atoms with Gasteiger partial charge in [0.05, 0.1) is 11.9 Å². The number of nitrogens with zero attached hydrogens (tertiary/aromatic N) is 3. The molecule has 0 N–H and O–H groups in total. The van der Waals surface area contributed by atoms with Gasteiger partial charge in [-0.25, -0.2) is 4.98 Å². The van der Waals surface area contributed by atoms with Crippen molar-refractivity contribution < 1.29 is 9.47 Å². The second kappa shape index (κ2) is 10.8. The van der Waals surface area contributed by atoms with Crippen LogP contribution in [-0.4, -0.2) is 21.2 Å². The van der Waals surface area contributed by atoms with E-state index in [4.69, 9.17) is 14.5 Å². The second-order valence-corrected chi connectivity index (χ2v) is 9.12. The van der Waals surface area contributed by atoms with Gasteiger partial charge in [-0.1, -0.05) is 80.1 Å². The molecule has 1 unspecified atom stereocenters. The first-order chi connectivity index (χ1) is 17.2. The van der Waals surface area contributed by atoms with E-state index < -0.39 is 0 Å². The number of aromatic nitrogens is 2. The Kier molecular flexibility index (Phi) is 7.15. The van der Waals surface area contributed by atoms with Crippen molar-refractivity contribution in [3.05, 3.63) is 102 Å². The lowest BCUT2D eigenvalue weighted by molar-refractivity contribution is 0.173.